The summed E-state index contributed by atoms with van der Waals surface area (Å²) in [6, 6.07) is 6.68. The molecule has 1 aliphatic heterocycles. The molecule has 31 heavy (non-hydrogen) atoms. The Kier molecular flexibility index (Phi) is 5.99. The summed E-state index contributed by atoms with van der Waals surface area (Å²) in [5, 5.41) is 18.6. The van der Waals surface area contributed by atoms with Gasteiger partial charge >= 0.3 is 5.97 Å². The van der Waals surface area contributed by atoms with Gasteiger partial charge in [-0.1, -0.05) is 23.7 Å². The first-order valence-corrected chi connectivity index (χ1v) is 11.5. The third-order valence-electron chi connectivity index (χ3n) is 5.81. The molecule has 8 heteroatoms. The Morgan fingerprint density at radius 2 is 1.97 bits per heavy atom. The van der Waals surface area contributed by atoms with Crippen LogP contribution in [0.25, 0.3) is 0 Å². The molecule has 2 aromatic rings. The van der Waals surface area contributed by atoms with Crippen LogP contribution in [-0.4, -0.2) is 35.5 Å². The molecule has 1 aromatic carbocycles. The van der Waals surface area contributed by atoms with Gasteiger partial charge in [-0.2, -0.15) is 0 Å². The fraction of sp³-hybridized carbons (Fsp3) is 0.391. The predicted molar refractivity (Wildman–Crippen MR) is 127 cm³/mol. The topological polar surface area (TPSA) is 89.6 Å². The third-order valence-corrected chi connectivity index (χ3v) is 7.26. The van der Waals surface area contributed by atoms with E-state index in [2.05, 4.69) is 0 Å². The van der Waals surface area contributed by atoms with Crippen molar-refractivity contribution in [3.8, 4) is 0 Å². The van der Waals surface area contributed by atoms with E-state index in [0.717, 1.165) is 45.8 Å². The number of halogens is 1. The van der Waals surface area contributed by atoms with Crippen LogP contribution in [0.4, 0.5) is 5.00 Å². The van der Waals surface area contributed by atoms with Crippen LogP contribution in [0.15, 0.2) is 29.3 Å². The van der Waals surface area contributed by atoms with Crippen LogP contribution in [-0.2, 0) is 9.53 Å². The summed E-state index contributed by atoms with van der Waals surface area (Å²) in [7, 11) is 0. The van der Waals surface area contributed by atoms with Crippen molar-refractivity contribution >= 4 is 51.3 Å². The number of hydrogen-bond donors (Lipinski definition) is 2. The standard InChI is InChI=1S/C23H25ClN4O2S/c1-12-13(2)31-23-20(12)21(15-7-9-16(24)10-8-15)27-18(22(26)28(23)14(3)25)11-19(29)30-17-5-4-6-17/h7-10,17-18,25-26H,4-6,11H2,1-3H3/t18-/m0/s1. The van der Waals surface area contributed by atoms with Crippen molar-refractivity contribution in [3.05, 3.63) is 50.9 Å². The Labute approximate surface area is 190 Å². The highest BCUT2D eigenvalue weighted by atomic mass is 35.5. The second-order valence-corrected chi connectivity index (χ2v) is 9.66. The van der Waals surface area contributed by atoms with Crippen LogP contribution in [0.5, 0.6) is 0 Å². The summed E-state index contributed by atoms with van der Waals surface area (Å²) in [5.74, 6) is -0.0127. The molecule has 0 bridgehead atoms. The van der Waals surface area contributed by atoms with Crippen LogP contribution in [0.3, 0.4) is 0 Å². The third kappa shape index (κ3) is 4.16. The molecular formula is C23H25ClN4O2S. The number of anilines is 1. The zero-order valence-corrected chi connectivity index (χ0v) is 19.4. The number of aryl methyl sites for hydroxylation is 1. The molecule has 0 spiro atoms. The number of nitrogens with zero attached hydrogens (tertiary/aromatic N) is 2. The van der Waals surface area contributed by atoms with Gasteiger partial charge in [0.15, 0.2) is 0 Å². The first-order chi connectivity index (χ1) is 14.8. The molecular weight excluding hydrogens is 432 g/mol. The molecule has 0 amide bonds. The fourth-order valence-corrected chi connectivity index (χ4v) is 5.12. The number of thiophene rings is 1. The fourth-order valence-electron chi connectivity index (χ4n) is 3.77. The van der Waals surface area contributed by atoms with Crippen LogP contribution in [0.1, 0.15) is 54.2 Å². The maximum Gasteiger partial charge on any atom is 0.308 e. The minimum atomic E-state index is -0.738. The van der Waals surface area contributed by atoms with Gasteiger partial charge in [-0.25, -0.2) is 0 Å². The minimum absolute atomic E-state index is 0.0146. The Morgan fingerprint density at radius 3 is 2.55 bits per heavy atom. The van der Waals surface area contributed by atoms with Gasteiger partial charge in [-0.15, -0.1) is 11.3 Å². The van der Waals surface area contributed by atoms with Gasteiger partial charge in [-0.3, -0.25) is 25.5 Å². The van der Waals surface area contributed by atoms with Gasteiger partial charge < -0.3 is 4.74 Å². The van der Waals surface area contributed by atoms with Crippen molar-refractivity contribution in [1.82, 2.24) is 0 Å². The van der Waals surface area contributed by atoms with Crippen LogP contribution >= 0.6 is 22.9 Å². The number of hydrogen-bond acceptors (Lipinski definition) is 6. The smallest absolute Gasteiger partial charge is 0.308 e. The van der Waals surface area contributed by atoms with Gasteiger partial charge in [0.1, 0.15) is 28.8 Å². The van der Waals surface area contributed by atoms with E-state index in [1.54, 1.807) is 11.8 Å². The number of rotatable bonds is 4. The summed E-state index contributed by atoms with van der Waals surface area (Å²) >= 11 is 7.64. The van der Waals surface area contributed by atoms with Crippen LogP contribution in [0, 0.1) is 24.7 Å². The maximum absolute atomic E-state index is 12.6. The lowest BCUT2D eigenvalue weighted by atomic mass is 9.96. The number of esters is 1. The number of amidine groups is 2. The van der Waals surface area contributed by atoms with E-state index in [9.17, 15) is 4.79 Å². The van der Waals surface area contributed by atoms with E-state index in [4.69, 9.17) is 32.1 Å². The van der Waals surface area contributed by atoms with E-state index in [1.165, 1.54) is 11.3 Å². The second kappa shape index (κ2) is 8.55. The summed E-state index contributed by atoms with van der Waals surface area (Å²) < 4.78 is 5.54. The number of fused-ring (bicyclic) bond motifs is 1. The number of carbonyl (C=O) groups excluding carboxylic acids is 1. The molecule has 0 saturated heterocycles. The second-order valence-electron chi connectivity index (χ2n) is 8.02. The lowest BCUT2D eigenvalue weighted by Gasteiger charge is -2.27. The quantitative estimate of drug-likeness (QED) is 0.361. The molecule has 1 atom stereocenters. The average Bonchev–Trinajstić information content (AvgIpc) is 2.90. The zero-order chi connectivity index (χ0) is 22.3. The highest BCUT2D eigenvalue weighted by molar-refractivity contribution is 7.17. The molecule has 1 fully saturated rings. The lowest BCUT2D eigenvalue weighted by molar-refractivity contribution is -0.152. The van der Waals surface area contributed by atoms with E-state index in [-0.39, 0.29) is 30.2 Å². The number of ether oxygens (including phenoxy) is 1. The van der Waals surface area contributed by atoms with Gasteiger partial charge in [0.2, 0.25) is 0 Å². The highest BCUT2D eigenvalue weighted by Gasteiger charge is 2.35. The Morgan fingerprint density at radius 1 is 1.29 bits per heavy atom. The summed E-state index contributed by atoms with van der Waals surface area (Å²) in [6.07, 6.45) is 2.83. The molecule has 1 saturated carbocycles. The molecule has 4 rings (SSSR count). The molecule has 2 heterocycles. The van der Waals surface area contributed by atoms with Gasteiger partial charge in [0, 0.05) is 21.0 Å². The highest BCUT2D eigenvalue weighted by Crippen LogP contribution is 2.40. The monoisotopic (exact) mass is 456 g/mol. The largest absolute Gasteiger partial charge is 0.462 e. The molecule has 2 aliphatic rings. The number of nitrogens with one attached hydrogen (secondary N) is 2. The summed E-state index contributed by atoms with van der Waals surface area (Å²) in [5.41, 5.74) is 3.53. The van der Waals surface area contributed by atoms with Gasteiger partial charge in [-0.05, 0) is 57.7 Å². The van der Waals surface area contributed by atoms with Gasteiger partial charge in [0.25, 0.3) is 0 Å². The van der Waals surface area contributed by atoms with E-state index >= 15 is 0 Å². The van der Waals surface area contributed by atoms with Crippen molar-refractivity contribution in [2.75, 3.05) is 4.90 Å². The lowest BCUT2D eigenvalue weighted by Crippen LogP contribution is -2.41. The summed E-state index contributed by atoms with van der Waals surface area (Å²) in [4.78, 5) is 20.2. The molecule has 1 aliphatic carbocycles. The minimum Gasteiger partial charge on any atom is -0.462 e. The first kappa shape index (κ1) is 21.7. The van der Waals surface area contributed by atoms with E-state index in [1.807, 2.05) is 38.1 Å². The first-order valence-electron chi connectivity index (χ1n) is 10.3. The molecule has 6 nitrogen and oxygen atoms in total. The maximum atomic E-state index is 12.6. The molecule has 0 unspecified atom stereocenters. The van der Waals surface area contributed by atoms with E-state index in [0.29, 0.717) is 10.7 Å². The molecule has 0 radical (unpaired) electrons. The number of aliphatic imine (C=N–C) groups is 1. The molecule has 1 aromatic heterocycles. The SMILES string of the molecule is CC(=N)N1C(=N)[C@H](CC(=O)OC2CCC2)N=C(c2ccc(Cl)cc2)c2c1sc(C)c2C. The van der Waals surface area contributed by atoms with Gasteiger partial charge in [0.05, 0.1) is 12.1 Å². The van der Waals surface area contributed by atoms with E-state index < -0.39 is 6.04 Å². The van der Waals surface area contributed by atoms with Crippen molar-refractivity contribution < 1.29 is 9.53 Å². The Balaban J connectivity index is 1.82. The summed E-state index contributed by atoms with van der Waals surface area (Å²) in [6.45, 7) is 5.71. The van der Waals surface area contributed by atoms with Crippen molar-refractivity contribution in [3.63, 3.8) is 0 Å². The Bertz CT molecular complexity index is 1090. The van der Waals surface area contributed by atoms with Crippen molar-refractivity contribution in [1.29, 1.82) is 10.8 Å². The normalized spacial score (nSPS) is 18.7. The molecule has 2 N–H and O–H groups in total. The van der Waals surface area contributed by atoms with Crippen LogP contribution < -0.4 is 4.90 Å². The van der Waals surface area contributed by atoms with Crippen molar-refractivity contribution in [2.24, 2.45) is 4.99 Å². The number of benzene rings is 1. The zero-order valence-electron chi connectivity index (χ0n) is 17.8. The average molecular weight is 457 g/mol. The number of carbonyl (C=O) groups is 1. The predicted octanol–water partition coefficient (Wildman–Crippen LogP) is 5.50. The molecule has 162 valence electrons. The van der Waals surface area contributed by atoms with Crippen LogP contribution in [0.2, 0.25) is 5.02 Å². The van der Waals surface area contributed by atoms with Crippen molar-refractivity contribution in [2.45, 2.75) is 58.6 Å². The Hall–Kier alpha value is -2.51.